The molecule has 0 bridgehead atoms. The Hall–Kier alpha value is -1.66. The van der Waals surface area contributed by atoms with Crippen LogP contribution < -0.4 is 16.6 Å². The molecule has 0 saturated heterocycles. The van der Waals surface area contributed by atoms with Crippen LogP contribution in [0.3, 0.4) is 0 Å². The summed E-state index contributed by atoms with van der Waals surface area (Å²) >= 11 is 4.70. The molecule has 0 fully saturated rings. The maximum Gasteiger partial charge on any atom is 0.178 e. The molecule has 0 aliphatic heterocycles. The van der Waals surface area contributed by atoms with Gasteiger partial charge >= 0.3 is 0 Å². The first kappa shape index (κ1) is 10.8. The number of nitrogens with zero attached hydrogens (tertiary/aromatic N) is 1. The molecule has 5 nitrogen and oxygen atoms in total. The third-order valence-corrected chi connectivity index (χ3v) is 2.33. The van der Waals surface area contributed by atoms with E-state index < -0.39 is 0 Å². The molecule has 0 radical (unpaired) electrons. The van der Waals surface area contributed by atoms with Gasteiger partial charge in [-0.25, -0.2) is 10.4 Å². The lowest BCUT2D eigenvalue weighted by atomic mass is 10.3. The van der Waals surface area contributed by atoms with Gasteiger partial charge in [0.1, 0.15) is 5.82 Å². The monoisotopic (exact) mass is 235 g/mol. The predicted molar refractivity (Wildman–Crippen MR) is 67.6 cm³/mol. The van der Waals surface area contributed by atoms with E-state index in [9.17, 15) is 0 Å². The Balaban J connectivity index is 2.16. The number of hydrogen-bond acceptors (Lipinski definition) is 3. The van der Waals surface area contributed by atoms with Gasteiger partial charge in [0.15, 0.2) is 5.11 Å². The van der Waals surface area contributed by atoms with Crippen molar-refractivity contribution < 1.29 is 0 Å². The highest BCUT2D eigenvalue weighted by atomic mass is 32.1. The molecule has 1 aromatic carbocycles. The molecule has 0 aliphatic rings. The Morgan fingerprint density at radius 2 is 2.25 bits per heavy atom. The fraction of sp³-hybridized carbons (Fsp3) is 0.200. The highest BCUT2D eigenvalue weighted by molar-refractivity contribution is 7.80. The summed E-state index contributed by atoms with van der Waals surface area (Å²) in [5.74, 6) is 0.838. The second kappa shape index (κ2) is 4.46. The summed E-state index contributed by atoms with van der Waals surface area (Å²) < 4.78 is 0. The summed E-state index contributed by atoms with van der Waals surface area (Å²) in [7, 11) is 0. The first-order chi connectivity index (χ1) is 7.66. The molecule has 84 valence electrons. The van der Waals surface area contributed by atoms with Crippen molar-refractivity contribution in [1.29, 1.82) is 0 Å². The Morgan fingerprint density at radius 1 is 1.50 bits per heavy atom. The van der Waals surface area contributed by atoms with Crippen LogP contribution in [0.2, 0.25) is 0 Å². The predicted octanol–water partition coefficient (Wildman–Crippen LogP) is 0.962. The summed E-state index contributed by atoms with van der Waals surface area (Å²) in [6, 6.07) is 7.87. The van der Waals surface area contributed by atoms with Gasteiger partial charge in [-0.2, -0.15) is 0 Å². The Bertz CT molecular complexity index is 474. The van der Waals surface area contributed by atoms with Crippen molar-refractivity contribution >= 4 is 28.4 Å². The van der Waals surface area contributed by atoms with Crippen molar-refractivity contribution in [1.82, 2.24) is 20.8 Å². The number of benzene rings is 1. The highest BCUT2D eigenvalue weighted by Crippen LogP contribution is 2.14. The molecular formula is C10H13N5S. The van der Waals surface area contributed by atoms with Gasteiger partial charge < -0.3 is 10.7 Å². The van der Waals surface area contributed by atoms with E-state index >= 15 is 0 Å². The van der Waals surface area contributed by atoms with Crippen molar-refractivity contribution in [3.8, 4) is 0 Å². The Morgan fingerprint density at radius 3 is 2.94 bits per heavy atom. The molecule has 1 unspecified atom stereocenters. The third-order valence-electron chi connectivity index (χ3n) is 2.23. The lowest BCUT2D eigenvalue weighted by Gasteiger charge is -2.11. The molecule has 16 heavy (non-hydrogen) atoms. The standard InChI is InChI=1S/C10H13N5S/c1-6(14-15-10(11)16)9-12-7-4-2-3-5-8(7)13-9/h2-6,14H,1H3,(H,12,13)(H3,11,15,16). The molecule has 0 aliphatic carbocycles. The zero-order valence-electron chi connectivity index (χ0n) is 8.82. The first-order valence-electron chi connectivity index (χ1n) is 4.92. The van der Waals surface area contributed by atoms with Crippen LogP contribution in [-0.2, 0) is 0 Å². The van der Waals surface area contributed by atoms with Gasteiger partial charge in [-0.3, -0.25) is 5.43 Å². The van der Waals surface area contributed by atoms with E-state index in [1.165, 1.54) is 0 Å². The van der Waals surface area contributed by atoms with Crippen LogP contribution in [-0.4, -0.2) is 15.1 Å². The van der Waals surface area contributed by atoms with Crippen molar-refractivity contribution in [3.63, 3.8) is 0 Å². The molecule has 0 saturated carbocycles. The van der Waals surface area contributed by atoms with Crippen molar-refractivity contribution in [2.75, 3.05) is 0 Å². The number of rotatable bonds is 3. The smallest absolute Gasteiger partial charge is 0.178 e. The zero-order chi connectivity index (χ0) is 11.5. The van der Waals surface area contributed by atoms with E-state index in [2.05, 4.69) is 20.8 Å². The molecule has 5 N–H and O–H groups in total. The second-order valence-corrected chi connectivity index (χ2v) is 3.93. The van der Waals surface area contributed by atoms with Gasteiger partial charge in [0.05, 0.1) is 17.1 Å². The number of nitrogens with two attached hydrogens (primary N) is 1. The average molecular weight is 235 g/mol. The topological polar surface area (TPSA) is 78.8 Å². The minimum absolute atomic E-state index is 0.00565. The average Bonchev–Trinajstić information content (AvgIpc) is 2.69. The lowest BCUT2D eigenvalue weighted by molar-refractivity contribution is 0.526. The van der Waals surface area contributed by atoms with Gasteiger partial charge in [0, 0.05) is 0 Å². The van der Waals surface area contributed by atoms with Crippen LogP contribution in [0.15, 0.2) is 24.3 Å². The van der Waals surface area contributed by atoms with Gasteiger partial charge in [-0.1, -0.05) is 12.1 Å². The molecule has 2 rings (SSSR count). The Labute approximate surface area is 98.4 Å². The minimum Gasteiger partial charge on any atom is -0.375 e. The number of para-hydroxylation sites is 2. The second-order valence-electron chi connectivity index (χ2n) is 3.49. The summed E-state index contributed by atoms with van der Waals surface area (Å²) in [4.78, 5) is 7.67. The van der Waals surface area contributed by atoms with Crippen LogP contribution in [0.4, 0.5) is 0 Å². The SMILES string of the molecule is CC(NNC(N)=S)c1nc2ccccc2[nH]1. The number of H-pyrrole nitrogens is 1. The van der Waals surface area contributed by atoms with Crippen LogP contribution in [0, 0.1) is 0 Å². The van der Waals surface area contributed by atoms with Gasteiger partial charge in [-0.15, -0.1) is 0 Å². The number of fused-ring (bicyclic) bond motifs is 1. The fourth-order valence-electron chi connectivity index (χ4n) is 1.43. The quantitative estimate of drug-likeness (QED) is 0.471. The summed E-state index contributed by atoms with van der Waals surface area (Å²) in [6.07, 6.45) is 0. The third kappa shape index (κ3) is 2.29. The number of hydrazine groups is 1. The van der Waals surface area contributed by atoms with Gasteiger partial charge in [0.25, 0.3) is 0 Å². The number of hydrogen-bond donors (Lipinski definition) is 4. The van der Waals surface area contributed by atoms with E-state index in [0.29, 0.717) is 0 Å². The number of aromatic amines is 1. The first-order valence-corrected chi connectivity index (χ1v) is 5.33. The summed E-state index contributed by atoms with van der Waals surface area (Å²) in [5, 5.41) is 0.211. The van der Waals surface area contributed by atoms with Crippen molar-refractivity contribution in [2.45, 2.75) is 13.0 Å². The molecule has 0 amide bonds. The normalized spacial score (nSPS) is 12.6. The minimum atomic E-state index is -0.00565. The van der Waals surface area contributed by atoms with Crippen molar-refractivity contribution in [2.24, 2.45) is 5.73 Å². The van der Waals surface area contributed by atoms with E-state index in [1.807, 2.05) is 31.2 Å². The maximum absolute atomic E-state index is 5.32. The Kier molecular flexibility index (Phi) is 3.02. The molecule has 1 atom stereocenters. The number of imidazole rings is 1. The number of nitrogens with one attached hydrogen (secondary N) is 3. The van der Waals surface area contributed by atoms with Crippen LogP contribution in [0.1, 0.15) is 18.8 Å². The molecule has 1 aromatic heterocycles. The molecule has 1 heterocycles. The summed E-state index contributed by atoms with van der Waals surface area (Å²) in [5.41, 5.74) is 12.9. The number of thiocarbonyl (C=S) groups is 1. The summed E-state index contributed by atoms with van der Waals surface area (Å²) in [6.45, 7) is 1.96. The van der Waals surface area contributed by atoms with Crippen molar-refractivity contribution in [3.05, 3.63) is 30.1 Å². The van der Waals surface area contributed by atoms with Gasteiger partial charge in [-0.05, 0) is 31.3 Å². The van der Waals surface area contributed by atoms with E-state index in [0.717, 1.165) is 16.9 Å². The van der Waals surface area contributed by atoms with E-state index in [1.54, 1.807) is 0 Å². The highest BCUT2D eigenvalue weighted by Gasteiger charge is 2.09. The maximum atomic E-state index is 5.32. The van der Waals surface area contributed by atoms with Crippen LogP contribution in [0.25, 0.3) is 11.0 Å². The molecule has 0 spiro atoms. The van der Waals surface area contributed by atoms with Crippen LogP contribution >= 0.6 is 12.2 Å². The zero-order valence-corrected chi connectivity index (χ0v) is 9.64. The molecule has 2 aromatic rings. The van der Waals surface area contributed by atoms with Crippen LogP contribution in [0.5, 0.6) is 0 Å². The largest absolute Gasteiger partial charge is 0.375 e. The number of aromatic nitrogens is 2. The molecular weight excluding hydrogens is 222 g/mol. The van der Waals surface area contributed by atoms with Gasteiger partial charge in [0.2, 0.25) is 0 Å². The fourth-order valence-corrected chi connectivity index (χ4v) is 1.48. The lowest BCUT2D eigenvalue weighted by Crippen LogP contribution is -2.42. The van der Waals surface area contributed by atoms with E-state index in [-0.39, 0.29) is 11.2 Å². The molecule has 6 heteroatoms. The van der Waals surface area contributed by atoms with E-state index in [4.69, 9.17) is 18.0 Å².